The van der Waals surface area contributed by atoms with Gasteiger partial charge in [0.05, 0.1) is 22.7 Å². The molecule has 4 rings (SSSR count). The Labute approximate surface area is 301 Å². The van der Waals surface area contributed by atoms with Gasteiger partial charge in [-0.3, -0.25) is 15.4 Å². The number of nitrogens with one attached hydrogen (secondary N) is 3. The molecule has 0 aliphatic carbocycles. The van der Waals surface area contributed by atoms with Gasteiger partial charge in [0.25, 0.3) is 5.91 Å². The van der Waals surface area contributed by atoms with Gasteiger partial charge in [0.1, 0.15) is 16.8 Å². The Hall–Kier alpha value is -5.26. The third-order valence-electron chi connectivity index (χ3n) is 7.20. The van der Waals surface area contributed by atoms with Crippen LogP contribution in [0.2, 0.25) is 0 Å². The molecule has 12 nitrogen and oxygen atoms in total. The molecule has 1 fully saturated rings. The predicted molar refractivity (Wildman–Crippen MR) is 201 cm³/mol. The van der Waals surface area contributed by atoms with Crippen LogP contribution in [0.25, 0.3) is 0 Å². The van der Waals surface area contributed by atoms with Crippen molar-refractivity contribution in [3.8, 4) is 0 Å². The van der Waals surface area contributed by atoms with Gasteiger partial charge in [-0.15, -0.1) is 0 Å². The molecule has 0 saturated carbocycles. The van der Waals surface area contributed by atoms with E-state index in [1.54, 1.807) is 107 Å². The van der Waals surface area contributed by atoms with Crippen molar-refractivity contribution in [3.63, 3.8) is 0 Å². The molecule has 0 bridgehead atoms. The molecule has 0 aromatic heterocycles. The normalized spacial score (nSPS) is 13.5. The van der Waals surface area contributed by atoms with Crippen molar-refractivity contribution in [2.24, 2.45) is 0 Å². The van der Waals surface area contributed by atoms with Crippen molar-refractivity contribution in [1.82, 2.24) is 4.90 Å². The molecular weight excluding hydrogens is 650 g/mol. The smallest absolute Gasteiger partial charge is 0.412 e. The highest BCUT2D eigenvalue weighted by molar-refractivity contribution is 6.06. The average Bonchev–Trinajstić information content (AvgIpc) is 3.01. The largest absolute Gasteiger partial charge is 0.444 e. The Morgan fingerprint density at radius 3 is 1.51 bits per heavy atom. The molecule has 276 valence electrons. The molecule has 51 heavy (non-hydrogen) atoms. The van der Waals surface area contributed by atoms with Gasteiger partial charge in [-0.25, -0.2) is 14.4 Å². The van der Waals surface area contributed by atoms with Gasteiger partial charge < -0.3 is 30.2 Å². The summed E-state index contributed by atoms with van der Waals surface area (Å²) >= 11 is 0. The van der Waals surface area contributed by atoms with Crippen LogP contribution in [0.15, 0.2) is 72.8 Å². The molecule has 1 saturated heterocycles. The van der Waals surface area contributed by atoms with Crippen molar-refractivity contribution in [2.75, 3.05) is 34.8 Å². The SMILES string of the molecule is CC(C)(C)OC(=O)Nc1ccccc1N.CC(C)(C)OC(=O)Nc1ccccc1NC(=O)c1ccc(C2CCN(C(=O)OC(C)(C)C)CC2)cc1. The van der Waals surface area contributed by atoms with Crippen LogP contribution in [0.1, 0.15) is 97.0 Å². The summed E-state index contributed by atoms with van der Waals surface area (Å²) < 4.78 is 15.9. The van der Waals surface area contributed by atoms with Gasteiger partial charge in [-0.05, 0) is 123 Å². The van der Waals surface area contributed by atoms with Gasteiger partial charge in [0.2, 0.25) is 0 Å². The van der Waals surface area contributed by atoms with Gasteiger partial charge in [-0.2, -0.15) is 0 Å². The number of carbonyl (C=O) groups is 4. The lowest BCUT2D eigenvalue weighted by atomic mass is 9.89. The zero-order valence-electron chi connectivity index (χ0n) is 31.2. The number of nitrogens with zero attached hydrogens (tertiary/aromatic N) is 1. The Kier molecular flexibility index (Phi) is 13.5. The van der Waals surface area contributed by atoms with Crippen LogP contribution in [-0.2, 0) is 14.2 Å². The summed E-state index contributed by atoms with van der Waals surface area (Å²) in [6.07, 6.45) is 0.323. The number of hydrogen-bond acceptors (Lipinski definition) is 8. The number of benzene rings is 3. The van der Waals surface area contributed by atoms with E-state index >= 15 is 0 Å². The molecule has 0 atom stereocenters. The molecule has 0 radical (unpaired) electrons. The number of nitrogens with two attached hydrogens (primary N) is 1. The van der Waals surface area contributed by atoms with Gasteiger partial charge >= 0.3 is 18.3 Å². The Bertz CT molecular complexity index is 1650. The summed E-state index contributed by atoms with van der Waals surface area (Å²) in [6, 6.07) is 21.5. The van der Waals surface area contributed by atoms with Crippen molar-refractivity contribution in [1.29, 1.82) is 0 Å². The minimum absolute atomic E-state index is 0.269. The van der Waals surface area contributed by atoms with E-state index in [9.17, 15) is 19.2 Å². The van der Waals surface area contributed by atoms with Crippen molar-refractivity contribution < 1.29 is 33.4 Å². The van der Waals surface area contributed by atoms with Crippen molar-refractivity contribution in [3.05, 3.63) is 83.9 Å². The second-order valence-electron chi connectivity index (χ2n) is 15.2. The summed E-state index contributed by atoms with van der Waals surface area (Å²) in [6.45, 7) is 17.7. The highest BCUT2D eigenvalue weighted by Crippen LogP contribution is 2.30. The summed E-state index contributed by atoms with van der Waals surface area (Å²) in [5.74, 6) is 0.0410. The van der Waals surface area contributed by atoms with Crippen molar-refractivity contribution in [2.45, 2.75) is 97.9 Å². The molecule has 1 heterocycles. The second kappa shape index (κ2) is 17.1. The minimum atomic E-state index is -0.629. The van der Waals surface area contributed by atoms with Gasteiger partial charge in [-0.1, -0.05) is 36.4 Å². The zero-order chi connectivity index (χ0) is 38.0. The van der Waals surface area contributed by atoms with E-state index in [1.807, 2.05) is 32.9 Å². The molecule has 1 aliphatic heterocycles. The number of para-hydroxylation sites is 4. The monoisotopic (exact) mass is 703 g/mol. The number of hydrogen-bond donors (Lipinski definition) is 4. The lowest BCUT2D eigenvalue weighted by Gasteiger charge is -2.33. The zero-order valence-corrected chi connectivity index (χ0v) is 31.2. The summed E-state index contributed by atoms with van der Waals surface area (Å²) in [5.41, 5.74) is 7.69. The van der Waals surface area contributed by atoms with Gasteiger partial charge in [0, 0.05) is 18.7 Å². The fourth-order valence-electron chi connectivity index (χ4n) is 4.96. The Balaban J connectivity index is 0.000000391. The average molecular weight is 704 g/mol. The fourth-order valence-corrected chi connectivity index (χ4v) is 4.96. The summed E-state index contributed by atoms with van der Waals surface area (Å²) in [4.78, 5) is 50.5. The Morgan fingerprint density at radius 2 is 1.04 bits per heavy atom. The number of anilines is 4. The minimum Gasteiger partial charge on any atom is -0.444 e. The highest BCUT2D eigenvalue weighted by atomic mass is 16.6. The van der Waals surface area contributed by atoms with E-state index in [2.05, 4.69) is 16.0 Å². The van der Waals surface area contributed by atoms with Crippen LogP contribution >= 0.6 is 0 Å². The van der Waals surface area contributed by atoms with Gasteiger partial charge in [0.15, 0.2) is 0 Å². The number of ether oxygens (including phenoxy) is 3. The molecular formula is C39H53N5O7. The summed E-state index contributed by atoms with van der Waals surface area (Å²) in [5, 5.41) is 8.13. The summed E-state index contributed by atoms with van der Waals surface area (Å²) in [7, 11) is 0. The van der Waals surface area contributed by atoms with E-state index in [0.29, 0.717) is 47.3 Å². The van der Waals surface area contributed by atoms with E-state index in [-0.39, 0.29) is 12.0 Å². The van der Waals surface area contributed by atoms with Crippen LogP contribution in [0.3, 0.4) is 0 Å². The van der Waals surface area contributed by atoms with Crippen LogP contribution in [0, 0.1) is 0 Å². The van der Waals surface area contributed by atoms with E-state index in [1.165, 1.54) is 0 Å². The topological polar surface area (TPSA) is 161 Å². The third kappa shape index (κ3) is 14.2. The predicted octanol–water partition coefficient (Wildman–Crippen LogP) is 9.02. The first-order valence-electron chi connectivity index (χ1n) is 17.0. The lowest BCUT2D eigenvalue weighted by Crippen LogP contribution is -2.41. The third-order valence-corrected chi connectivity index (χ3v) is 7.20. The molecule has 0 spiro atoms. The van der Waals surface area contributed by atoms with E-state index in [0.717, 1.165) is 18.4 Å². The maximum Gasteiger partial charge on any atom is 0.412 e. The first-order chi connectivity index (χ1) is 23.7. The first-order valence-corrected chi connectivity index (χ1v) is 17.0. The standard InChI is InChI=1S/C28H37N3O5.C11H16N2O2/c1-27(2,3)35-25(33)30-23-10-8-7-9-22(23)29-24(32)21-13-11-19(12-14-21)20-15-17-31(18-16-20)26(34)36-28(4,5)6;1-11(2,3)15-10(14)13-9-7-5-4-6-8(9)12/h7-14,20H,15-18H2,1-6H3,(H,29,32)(H,30,33);4-7H,12H2,1-3H3,(H,13,14). The number of nitrogen functional groups attached to an aromatic ring is 1. The van der Waals surface area contributed by atoms with Crippen LogP contribution in [0.4, 0.5) is 37.1 Å². The first kappa shape index (κ1) is 40.2. The number of likely N-dealkylation sites (tertiary alicyclic amines) is 1. The van der Waals surface area contributed by atoms with Crippen molar-refractivity contribution >= 4 is 46.9 Å². The molecule has 4 amide bonds. The Morgan fingerprint density at radius 1 is 0.608 bits per heavy atom. The van der Waals surface area contributed by atoms with Crippen LogP contribution < -0.4 is 21.7 Å². The number of carbonyl (C=O) groups excluding carboxylic acids is 4. The molecule has 3 aromatic rings. The van der Waals surface area contributed by atoms with Crippen LogP contribution in [-0.4, -0.2) is 59.0 Å². The lowest BCUT2D eigenvalue weighted by molar-refractivity contribution is 0.0204. The van der Waals surface area contributed by atoms with Crippen LogP contribution in [0.5, 0.6) is 0 Å². The van der Waals surface area contributed by atoms with E-state index < -0.39 is 29.0 Å². The molecule has 12 heteroatoms. The second-order valence-corrected chi connectivity index (χ2v) is 15.2. The number of rotatable bonds is 5. The maximum absolute atomic E-state index is 12.9. The molecule has 1 aliphatic rings. The molecule has 0 unspecified atom stereocenters. The number of piperidine rings is 1. The molecule has 5 N–H and O–H groups in total. The molecule has 3 aromatic carbocycles. The van der Waals surface area contributed by atoms with E-state index in [4.69, 9.17) is 19.9 Å². The highest BCUT2D eigenvalue weighted by Gasteiger charge is 2.27. The maximum atomic E-state index is 12.9. The number of amides is 4. The fraction of sp³-hybridized carbons (Fsp3) is 0.436. The quantitative estimate of drug-likeness (QED) is 0.151.